The number of benzene rings is 1. The van der Waals surface area contributed by atoms with Crippen molar-refractivity contribution in [2.75, 3.05) is 0 Å². The third-order valence-electron chi connectivity index (χ3n) is 2.57. The highest BCUT2D eigenvalue weighted by atomic mass is 32.1. The first-order valence-corrected chi connectivity index (χ1v) is 6.87. The van der Waals surface area contributed by atoms with Gasteiger partial charge in [-0.05, 0) is 48.2 Å². The van der Waals surface area contributed by atoms with Gasteiger partial charge in [-0.1, -0.05) is 6.07 Å². The summed E-state index contributed by atoms with van der Waals surface area (Å²) in [4.78, 5) is 12.3. The van der Waals surface area contributed by atoms with Crippen molar-refractivity contribution in [2.45, 2.75) is 13.5 Å². The van der Waals surface area contributed by atoms with Crippen LogP contribution in [0, 0.1) is 0 Å². The fourth-order valence-corrected chi connectivity index (χ4v) is 2.15. The largest absolute Gasteiger partial charge is 0.435 e. The van der Waals surface area contributed by atoms with Crippen molar-refractivity contribution < 1.29 is 18.3 Å². The van der Waals surface area contributed by atoms with Gasteiger partial charge in [0.2, 0.25) is 0 Å². The van der Waals surface area contributed by atoms with Gasteiger partial charge in [-0.15, -0.1) is 11.3 Å². The van der Waals surface area contributed by atoms with Crippen LogP contribution in [0.25, 0.3) is 0 Å². The van der Waals surface area contributed by atoms with Crippen LogP contribution in [0.3, 0.4) is 0 Å². The van der Waals surface area contributed by atoms with Crippen LogP contribution in [-0.2, 0) is 0 Å². The molecule has 1 amide bonds. The number of alkyl halides is 2. The smallest absolute Gasteiger partial charge is 0.387 e. The first-order valence-electron chi connectivity index (χ1n) is 5.99. The highest BCUT2D eigenvalue weighted by molar-refractivity contribution is 7.12. The van der Waals surface area contributed by atoms with Crippen molar-refractivity contribution in [3.63, 3.8) is 0 Å². The Morgan fingerprint density at radius 1 is 1.29 bits per heavy atom. The summed E-state index contributed by atoms with van der Waals surface area (Å²) in [6, 6.07) is 9.49. The standard InChI is InChI=1S/C14H12F2N2O2S/c1-9(17-18-13(19)12-3-2-8-21-12)10-4-6-11(7-5-10)20-14(15)16/h2-8,14H,1H3,(H,18,19)/b17-9-. The molecule has 1 N–H and O–H groups in total. The minimum absolute atomic E-state index is 0.0733. The number of ether oxygens (including phenoxy) is 1. The van der Waals surface area contributed by atoms with E-state index in [4.69, 9.17) is 0 Å². The summed E-state index contributed by atoms with van der Waals surface area (Å²) in [7, 11) is 0. The Hall–Kier alpha value is -2.28. The van der Waals surface area contributed by atoms with E-state index in [1.807, 2.05) is 0 Å². The minimum Gasteiger partial charge on any atom is -0.435 e. The zero-order valence-electron chi connectivity index (χ0n) is 11.0. The zero-order valence-corrected chi connectivity index (χ0v) is 11.9. The molecule has 0 spiro atoms. The SMILES string of the molecule is C/C(=N/NC(=O)c1cccs1)c1ccc(OC(F)F)cc1. The van der Waals surface area contributed by atoms with Gasteiger partial charge in [-0.25, -0.2) is 5.43 Å². The number of amides is 1. The van der Waals surface area contributed by atoms with Crippen molar-refractivity contribution in [1.29, 1.82) is 0 Å². The quantitative estimate of drug-likeness (QED) is 0.679. The number of hydrazone groups is 1. The maximum atomic E-state index is 12.0. The van der Waals surface area contributed by atoms with Crippen LogP contribution in [0.5, 0.6) is 5.75 Å². The molecule has 1 aromatic heterocycles. The van der Waals surface area contributed by atoms with Gasteiger partial charge in [0, 0.05) is 0 Å². The first kappa shape index (κ1) is 15.1. The van der Waals surface area contributed by atoms with Crippen LogP contribution in [0.4, 0.5) is 8.78 Å². The van der Waals surface area contributed by atoms with Gasteiger partial charge < -0.3 is 4.74 Å². The second kappa shape index (κ2) is 6.94. The fourth-order valence-electron chi connectivity index (χ4n) is 1.54. The number of carbonyl (C=O) groups is 1. The Bertz CT molecular complexity index is 625. The van der Waals surface area contributed by atoms with E-state index in [1.54, 1.807) is 36.6 Å². The molecule has 7 heteroatoms. The molecule has 0 bridgehead atoms. The van der Waals surface area contributed by atoms with Gasteiger partial charge in [-0.3, -0.25) is 4.79 Å². The molecule has 0 atom stereocenters. The lowest BCUT2D eigenvalue weighted by atomic mass is 10.1. The van der Waals surface area contributed by atoms with Crippen LogP contribution in [0.15, 0.2) is 46.9 Å². The van der Waals surface area contributed by atoms with Crippen LogP contribution < -0.4 is 10.2 Å². The molecule has 1 aromatic carbocycles. The van der Waals surface area contributed by atoms with E-state index in [1.165, 1.54) is 23.5 Å². The molecule has 0 aliphatic carbocycles. The molecule has 0 unspecified atom stereocenters. The lowest BCUT2D eigenvalue weighted by molar-refractivity contribution is -0.0498. The molecule has 0 radical (unpaired) electrons. The molecule has 2 aromatic rings. The van der Waals surface area contributed by atoms with Crippen LogP contribution in [0.1, 0.15) is 22.2 Å². The Balaban J connectivity index is 2.00. The fraction of sp³-hybridized carbons (Fsp3) is 0.143. The topological polar surface area (TPSA) is 50.7 Å². The normalized spacial score (nSPS) is 11.5. The van der Waals surface area contributed by atoms with Gasteiger partial charge >= 0.3 is 6.61 Å². The van der Waals surface area contributed by atoms with Gasteiger partial charge in [0.1, 0.15) is 5.75 Å². The monoisotopic (exact) mass is 310 g/mol. The summed E-state index contributed by atoms with van der Waals surface area (Å²) in [5, 5.41) is 5.77. The van der Waals surface area contributed by atoms with Gasteiger partial charge in [-0.2, -0.15) is 13.9 Å². The van der Waals surface area contributed by atoms with Crippen molar-refractivity contribution in [1.82, 2.24) is 5.43 Å². The maximum absolute atomic E-state index is 12.0. The Morgan fingerprint density at radius 2 is 2.00 bits per heavy atom. The summed E-state index contributed by atoms with van der Waals surface area (Å²) < 4.78 is 28.3. The van der Waals surface area contributed by atoms with Gasteiger partial charge in [0.25, 0.3) is 5.91 Å². The van der Waals surface area contributed by atoms with Gasteiger partial charge in [0.05, 0.1) is 10.6 Å². The Labute approximate surface area is 124 Å². The average Bonchev–Trinajstić information content (AvgIpc) is 2.99. The minimum atomic E-state index is -2.85. The molecule has 0 saturated carbocycles. The molecule has 1 heterocycles. The van der Waals surface area contributed by atoms with E-state index in [-0.39, 0.29) is 11.7 Å². The van der Waals surface area contributed by atoms with E-state index in [0.717, 1.165) is 0 Å². The van der Waals surface area contributed by atoms with E-state index in [2.05, 4.69) is 15.3 Å². The average molecular weight is 310 g/mol. The summed E-state index contributed by atoms with van der Waals surface area (Å²) in [6.45, 7) is -1.15. The third kappa shape index (κ3) is 4.35. The lowest BCUT2D eigenvalue weighted by Crippen LogP contribution is -2.18. The number of hydrogen-bond acceptors (Lipinski definition) is 4. The number of thiophene rings is 1. The van der Waals surface area contributed by atoms with E-state index >= 15 is 0 Å². The van der Waals surface area contributed by atoms with Crippen LogP contribution >= 0.6 is 11.3 Å². The molecule has 4 nitrogen and oxygen atoms in total. The van der Waals surface area contributed by atoms with Gasteiger partial charge in [0.15, 0.2) is 0 Å². The molecular weight excluding hydrogens is 298 g/mol. The van der Waals surface area contributed by atoms with E-state index < -0.39 is 6.61 Å². The van der Waals surface area contributed by atoms with Crippen LogP contribution in [-0.4, -0.2) is 18.2 Å². The number of nitrogens with zero attached hydrogens (tertiary/aromatic N) is 1. The first-order chi connectivity index (χ1) is 10.1. The maximum Gasteiger partial charge on any atom is 0.387 e. The Morgan fingerprint density at radius 3 is 2.57 bits per heavy atom. The predicted octanol–water partition coefficient (Wildman–Crippen LogP) is 3.50. The summed E-state index contributed by atoms with van der Waals surface area (Å²) in [5.74, 6) is -0.217. The van der Waals surface area contributed by atoms with Crippen molar-refractivity contribution in [3.8, 4) is 5.75 Å². The molecule has 0 aliphatic rings. The highest BCUT2D eigenvalue weighted by Crippen LogP contribution is 2.15. The van der Waals surface area contributed by atoms with E-state index in [0.29, 0.717) is 16.2 Å². The number of nitrogens with one attached hydrogen (secondary N) is 1. The zero-order chi connectivity index (χ0) is 15.2. The van der Waals surface area contributed by atoms with E-state index in [9.17, 15) is 13.6 Å². The molecule has 0 saturated heterocycles. The number of halogens is 2. The molecule has 2 rings (SSSR count). The molecular formula is C14H12F2N2O2S. The number of carbonyl (C=O) groups excluding carboxylic acids is 1. The molecule has 21 heavy (non-hydrogen) atoms. The van der Waals surface area contributed by atoms with Crippen molar-refractivity contribution in [2.24, 2.45) is 5.10 Å². The van der Waals surface area contributed by atoms with Crippen molar-refractivity contribution >= 4 is 23.0 Å². The second-order valence-electron chi connectivity index (χ2n) is 4.02. The molecule has 110 valence electrons. The number of rotatable bonds is 5. The second-order valence-corrected chi connectivity index (χ2v) is 4.97. The van der Waals surface area contributed by atoms with Crippen molar-refractivity contribution in [3.05, 3.63) is 52.2 Å². The summed E-state index contributed by atoms with van der Waals surface area (Å²) in [5.41, 5.74) is 3.69. The molecule has 0 aliphatic heterocycles. The molecule has 0 fully saturated rings. The lowest BCUT2D eigenvalue weighted by Gasteiger charge is -2.06. The Kier molecular flexibility index (Phi) is 4.99. The predicted molar refractivity (Wildman–Crippen MR) is 77.1 cm³/mol. The third-order valence-corrected chi connectivity index (χ3v) is 3.44. The number of hydrogen-bond donors (Lipinski definition) is 1. The highest BCUT2D eigenvalue weighted by Gasteiger charge is 2.07. The van der Waals surface area contributed by atoms with Crippen LogP contribution in [0.2, 0.25) is 0 Å². The summed E-state index contributed by atoms with van der Waals surface area (Å²) >= 11 is 1.32. The summed E-state index contributed by atoms with van der Waals surface area (Å²) in [6.07, 6.45) is 0.